The van der Waals surface area contributed by atoms with E-state index < -0.39 is 0 Å². The molecule has 32 heavy (non-hydrogen) atoms. The van der Waals surface area contributed by atoms with Gasteiger partial charge in [0.2, 0.25) is 5.91 Å². The van der Waals surface area contributed by atoms with Gasteiger partial charge in [-0.3, -0.25) is 9.59 Å². The van der Waals surface area contributed by atoms with Crippen LogP contribution >= 0.6 is 0 Å². The second kappa shape index (κ2) is 9.39. The summed E-state index contributed by atoms with van der Waals surface area (Å²) >= 11 is 0. The second-order valence-electron chi connectivity index (χ2n) is 7.42. The standard InChI is InChI=1S/C26H24N2O4/c1-31-22-11-8-18(9-12-22)14-25(29)28(21-6-4-3-5-7-21)17-20-15-19-10-13-23(32-2)16-24(19)27-26(20)30/h3-13,15-16H,14,17H2,1-2H3,(H,27,30). The van der Waals surface area contributed by atoms with Crippen molar-refractivity contribution in [3.05, 3.63) is 100 Å². The highest BCUT2D eigenvalue weighted by atomic mass is 16.5. The Balaban J connectivity index is 1.65. The van der Waals surface area contributed by atoms with E-state index >= 15 is 0 Å². The quantitative estimate of drug-likeness (QED) is 0.476. The van der Waals surface area contributed by atoms with Crippen molar-refractivity contribution in [2.45, 2.75) is 13.0 Å². The van der Waals surface area contributed by atoms with Gasteiger partial charge < -0.3 is 19.4 Å². The van der Waals surface area contributed by atoms with Crippen molar-refractivity contribution in [1.29, 1.82) is 0 Å². The summed E-state index contributed by atoms with van der Waals surface area (Å²) in [5, 5.41) is 0.871. The molecule has 162 valence electrons. The first-order chi connectivity index (χ1) is 15.6. The molecule has 0 aliphatic heterocycles. The first-order valence-corrected chi connectivity index (χ1v) is 10.3. The highest BCUT2D eigenvalue weighted by molar-refractivity contribution is 5.94. The lowest BCUT2D eigenvalue weighted by atomic mass is 10.1. The third-order valence-corrected chi connectivity index (χ3v) is 5.34. The lowest BCUT2D eigenvalue weighted by Gasteiger charge is -2.23. The minimum absolute atomic E-state index is 0.101. The third-order valence-electron chi connectivity index (χ3n) is 5.34. The first kappa shape index (κ1) is 21.2. The number of hydrogen-bond donors (Lipinski definition) is 1. The number of carbonyl (C=O) groups excluding carboxylic acids is 1. The average Bonchev–Trinajstić information content (AvgIpc) is 2.83. The molecule has 6 heteroatoms. The van der Waals surface area contributed by atoms with Gasteiger partial charge in [-0.15, -0.1) is 0 Å². The van der Waals surface area contributed by atoms with E-state index in [-0.39, 0.29) is 24.4 Å². The van der Waals surface area contributed by atoms with Crippen LogP contribution in [-0.4, -0.2) is 25.1 Å². The largest absolute Gasteiger partial charge is 0.497 e. The van der Waals surface area contributed by atoms with Gasteiger partial charge in [-0.2, -0.15) is 0 Å². The molecular weight excluding hydrogens is 404 g/mol. The number of carbonyl (C=O) groups is 1. The molecule has 0 aliphatic rings. The Hall–Kier alpha value is -4.06. The van der Waals surface area contributed by atoms with Gasteiger partial charge in [-0.1, -0.05) is 30.3 Å². The molecule has 0 radical (unpaired) electrons. The number of fused-ring (bicyclic) bond motifs is 1. The first-order valence-electron chi connectivity index (χ1n) is 10.3. The summed E-state index contributed by atoms with van der Waals surface area (Å²) in [6.45, 7) is 0.163. The van der Waals surface area contributed by atoms with Crippen molar-refractivity contribution in [3.8, 4) is 11.5 Å². The van der Waals surface area contributed by atoms with Crippen LogP contribution in [0.1, 0.15) is 11.1 Å². The Morgan fingerprint density at radius 3 is 2.25 bits per heavy atom. The molecule has 0 unspecified atom stereocenters. The van der Waals surface area contributed by atoms with E-state index in [0.29, 0.717) is 16.8 Å². The maximum atomic E-state index is 13.3. The van der Waals surface area contributed by atoms with Gasteiger partial charge in [0, 0.05) is 17.3 Å². The Morgan fingerprint density at radius 1 is 0.875 bits per heavy atom. The van der Waals surface area contributed by atoms with Gasteiger partial charge in [0.1, 0.15) is 11.5 Å². The van der Waals surface area contributed by atoms with Crippen molar-refractivity contribution in [1.82, 2.24) is 4.98 Å². The van der Waals surface area contributed by atoms with Crippen molar-refractivity contribution in [2.24, 2.45) is 0 Å². The molecule has 0 atom stereocenters. The van der Waals surface area contributed by atoms with Crippen LogP contribution in [0.25, 0.3) is 10.9 Å². The molecule has 0 bridgehead atoms. The molecule has 6 nitrogen and oxygen atoms in total. The summed E-state index contributed by atoms with van der Waals surface area (Å²) in [5.41, 5.74) is 2.57. The van der Waals surface area contributed by atoms with Gasteiger partial charge >= 0.3 is 0 Å². The predicted octanol–water partition coefficient (Wildman–Crippen LogP) is 4.32. The summed E-state index contributed by atoms with van der Waals surface area (Å²) in [7, 11) is 3.19. The normalized spacial score (nSPS) is 10.7. The molecule has 4 aromatic rings. The van der Waals surface area contributed by atoms with Crippen LogP contribution in [0.15, 0.2) is 83.7 Å². The molecule has 0 saturated heterocycles. The average molecular weight is 428 g/mol. The number of anilines is 1. The Labute approximate surface area is 186 Å². The molecule has 1 amide bonds. The Bertz CT molecular complexity index is 1280. The number of amides is 1. The van der Waals surface area contributed by atoms with E-state index in [1.165, 1.54) is 0 Å². The lowest BCUT2D eigenvalue weighted by Crippen LogP contribution is -2.34. The number of aromatic amines is 1. The van der Waals surface area contributed by atoms with Crippen LogP contribution in [0, 0.1) is 0 Å². The molecule has 1 heterocycles. The summed E-state index contributed by atoms with van der Waals surface area (Å²) in [6, 6.07) is 24.1. The smallest absolute Gasteiger partial charge is 0.253 e. The van der Waals surface area contributed by atoms with E-state index in [0.717, 1.165) is 22.4 Å². The molecule has 0 aliphatic carbocycles. The molecule has 0 spiro atoms. The van der Waals surface area contributed by atoms with E-state index in [2.05, 4.69) is 4.98 Å². The number of aromatic nitrogens is 1. The van der Waals surface area contributed by atoms with Crippen LogP contribution in [-0.2, 0) is 17.8 Å². The third kappa shape index (κ3) is 4.64. The van der Waals surface area contributed by atoms with E-state index in [1.807, 2.05) is 72.8 Å². The van der Waals surface area contributed by atoms with Crippen LogP contribution < -0.4 is 19.9 Å². The van der Waals surface area contributed by atoms with Gasteiger partial charge in [0.05, 0.1) is 32.7 Å². The molecule has 1 aromatic heterocycles. The highest BCUT2D eigenvalue weighted by Gasteiger charge is 2.19. The fourth-order valence-corrected chi connectivity index (χ4v) is 3.58. The number of nitrogens with zero attached hydrogens (tertiary/aromatic N) is 1. The maximum Gasteiger partial charge on any atom is 0.253 e. The number of ether oxygens (including phenoxy) is 2. The zero-order chi connectivity index (χ0) is 22.5. The lowest BCUT2D eigenvalue weighted by molar-refractivity contribution is -0.118. The molecule has 3 aromatic carbocycles. The van der Waals surface area contributed by atoms with Gasteiger partial charge in [-0.25, -0.2) is 0 Å². The van der Waals surface area contributed by atoms with Crippen LogP contribution in [0.3, 0.4) is 0 Å². The Kier molecular flexibility index (Phi) is 6.22. The molecule has 0 fully saturated rings. The number of hydrogen-bond acceptors (Lipinski definition) is 4. The fraction of sp³-hybridized carbons (Fsp3) is 0.154. The summed E-state index contributed by atoms with van der Waals surface area (Å²) in [4.78, 5) is 30.6. The number of methoxy groups -OCH3 is 2. The summed E-state index contributed by atoms with van der Waals surface area (Å²) in [5.74, 6) is 1.30. The topological polar surface area (TPSA) is 71.6 Å². The number of para-hydroxylation sites is 1. The van der Waals surface area contributed by atoms with Crippen molar-refractivity contribution >= 4 is 22.5 Å². The number of rotatable bonds is 7. The number of benzene rings is 3. The number of pyridine rings is 1. The molecular formula is C26H24N2O4. The predicted molar refractivity (Wildman–Crippen MR) is 125 cm³/mol. The van der Waals surface area contributed by atoms with Crippen molar-refractivity contribution < 1.29 is 14.3 Å². The van der Waals surface area contributed by atoms with Gasteiger partial charge in [-0.05, 0) is 53.4 Å². The van der Waals surface area contributed by atoms with Crippen molar-refractivity contribution in [2.75, 3.05) is 19.1 Å². The maximum absolute atomic E-state index is 13.3. The molecule has 0 saturated carbocycles. The summed E-state index contributed by atoms with van der Waals surface area (Å²) < 4.78 is 10.4. The zero-order valence-corrected chi connectivity index (χ0v) is 18.0. The van der Waals surface area contributed by atoms with Crippen LogP contribution in [0.2, 0.25) is 0 Å². The van der Waals surface area contributed by atoms with Crippen LogP contribution in [0.5, 0.6) is 11.5 Å². The van der Waals surface area contributed by atoms with Gasteiger partial charge in [0.25, 0.3) is 5.56 Å². The zero-order valence-electron chi connectivity index (χ0n) is 18.0. The van der Waals surface area contributed by atoms with E-state index in [1.54, 1.807) is 25.2 Å². The fourth-order valence-electron chi connectivity index (χ4n) is 3.58. The van der Waals surface area contributed by atoms with E-state index in [9.17, 15) is 9.59 Å². The number of H-pyrrole nitrogens is 1. The monoisotopic (exact) mass is 428 g/mol. The minimum Gasteiger partial charge on any atom is -0.497 e. The summed E-state index contributed by atoms with van der Waals surface area (Å²) in [6.07, 6.45) is 0.210. The minimum atomic E-state index is -0.232. The van der Waals surface area contributed by atoms with E-state index in [4.69, 9.17) is 9.47 Å². The Morgan fingerprint density at radius 2 is 1.56 bits per heavy atom. The SMILES string of the molecule is COc1ccc(CC(=O)N(Cc2cc3ccc(OC)cc3[nH]c2=O)c2ccccc2)cc1. The highest BCUT2D eigenvalue weighted by Crippen LogP contribution is 2.22. The molecule has 1 N–H and O–H groups in total. The second-order valence-corrected chi connectivity index (χ2v) is 7.42. The molecule has 4 rings (SSSR count). The number of nitrogens with one attached hydrogen (secondary N) is 1. The van der Waals surface area contributed by atoms with Crippen molar-refractivity contribution in [3.63, 3.8) is 0 Å². The van der Waals surface area contributed by atoms with Crippen LogP contribution in [0.4, 0.5) is 5.69 Å². The van der Waals surface area contributed by atoms with Gasteiger partial charge in [0.15, 0.2) is 0 Å².